The highest BCUT2D eigenvalue weighted by atomic mass is 127. The van der Waals surface area contributed by atoms with E-state index in [1.54, 1.807) is 7.11 Å². The molecule has 1 saturated heterocycles. The molecule has 2 aromatic rings. The molecule has 0 radical (unpaired) electrons. The molecule has 1 aliphatic rings. The number of amides is 1. The molecular weight excluding hydrogens is 517 g/mol. The van der Waals surface area contributed by atoms with Gasteiger partial charge in [0.15, 0.2) is 5.96 Å². The molecule has 0 atom stereocenters. The maximum atomic E-state index is 11.8. The Hall–Kier alpha value is -2.49. The molecule has 8 heteroatoms. The molecule has 2 aromatic carbocycles. The summed E-state index contributed by atoms with van der Waals surface area (Å²) in [5.74, 6) is 1.80. The second kappa shape index (κ2) is 12.5. The Balaban J connectivity index is 0.00000363. The van der Waals surface area contributed by atoms with Crippen molar-refractivity contribution >= 4 is 47.2 Å². The predicted octanol–water partition coefficient (Wildman–Crippen LogP) is 3.81. The van der Waals surface area contributed by atoms with Crippen LogP contribution in [0.15, 0.2) is 53.5 Å². The third kappa shape index (κ3) is 6.75. The fourth-order valence-corrected chi connectivity index (χ4v) is 3.56. The van der Waals surface area contributed by atoms with Gasteiger partial charge < -0.3 is 25.2 Å². The predicted molar refractivity (Wildman–Crippen MR) is 142 cm³/mol. The van der Waals surface area contributed by atoms with Crippen molar-refractivity contribution in [3.63, 3.8) is 0 Å². The molecule has 174 valence electrons. The van der Waals surface area contributed by atoms with Crippen molar-refractivity contribution in [2.75, 3.05) is 50.6 Å². The number of guanidine groups is 1. The second-order valence-electron chi connectivity index (χ2n) is 7.89. The maximum absolute atomic E-state index is 11.8. The quantitative estimate of drug-likeness (QED) is 0.325. The van der Waals surface area contributed by atoms with E-state index in [1.807, 2.05) is 63.4 Å². The molecule has 2 N–H and O–H groups in total. The first-order chi connectivity index (χ1) is 15.0. The van der Waals surface area contributed by atoms with Crippen LogP contribution < -0.4 is 20.3 Å². The molecule has 0 saturated carbocycles. The van der Waals surface area contributed by atoms with Crippen molar-refractivity contribution < 1.29 is 9.53 Å². The van der Waals surface area contributed by atoms with Crippen LogP contribution in [0.1, 0.15) is 19.4 Å². The first-order valence-electron chi connectivity index (χ1n) is 10.7. The van der Waals surface area contributed by atoms with E-state index in [2.05, 4.69) is 31.5 Å². The van der Waals surface area contributed by atoms with E-state index in [4.69, 9.17) is 4.74 Å². The molecule has 7 nitrogen and oxygen atoms in total. The molecule has 0 bridgehead atoms. The minimum atomic E-state index is -0.0342. The first kappa shape index (κ1) is 25.8. The number of anilines is 2. The number of hydrogen-bond acceptors (Lipinski definition) is 4. The largest absolute Gasteiger partial charge is 0.495 e. The molecule has 1 amide bonds. The van der Waals surface area contributed by atoms with Gasteiger partial charge in [0, 0.05) is 51.4 Å². The minimum Gasteiger partial charge on any atom is -0.495 e. The number of aliphatic imine (C=N–C) groups is 1. The zero-order valence-corrected chi connectivity index (χ0v) is 21.6. The Morgan fingerprint density at radius 2 is 1.72 bits per heavy atom. The molecule has 3 rings (SSSR count). The van der Waals surface area contributed by atoms with E-state index in [-0.39, 0.29) is 35.8 Å². The van der Waals surface area contributed by atoms with Gasteiger partial charge in [0.2, 0.25) is 5.91 Å². The van der Waals surface area contributed by atoms with Crippen molar-refractivity contribution in [2.24, 2.45) is 10.9 Å². The molecule has 32 heavy (non-hydrogen) atoms. The summed E-state index contributed by atoms with van der Waals surface area (Å²) in [6.45, 7) is 8.04. The summed E-state index contributed by atoms with van der Waals surface area (Å²) in [6, 6.07) is 16.1. The number of nitrogens with one attached hydrogen (secondary N) is 2. The lowest BCUT2D eigenvalue weighted by molar-refractivity contribution is -0.118. The third-order valence-electron chi connectivity index (χ3n) is 5.41. The fourth-order valence-electron chi connectivity index (χ4n) is 3.56. The molecule has 0 aromatic heterocycles. The number of carbonyl (C=O) groups excluding carboxylic acids is 1. The molecule has 1 aliphatic heterocycles. The molecule has 0 unspecified atom stereocenters. The van der Waals surface area contributed by atoms with Crippen LogP contribution in [0.25, 0.3) is 0 Å². The number of carbonyl (C=O) groups is 1. The highest BCUT2D eigenvalue weighted by Gasteiger charge is 2.21. The molecule has 0 aliphatic carbocycles. The Morgan fingerprint density at radius 3 is 2.31 bits per heavy atom. The lowest BCUT2D eigenvalue weighted by Crippen LogP contribution is -2.52. The zero-order valence-electron chi connectivity index (χ0n) is 19.3. The number of piperazine rings is 1. The van der Waals surface area contributed by atoms with E-state index >= 15 is 0 Å². The van der Waals surface area contributed by atoms with Crippen molar-refractivity contribution in [2.45, 2.75) is 20.4 Å². The average molecular weight is 551 g/mol. The summed E-state index contributed by atoms with van der Waals surface area (Å²) in [5, 5.41) is 6.37. The Labute approximate surface area is 208 Å². The zero-order chi connectivity index (χ0) is 22.2. The van der Waals surface area contributed by atoms with E-state index in [9.17, 15) is 4.79 Å². The van der Waals surface area contributed by atoms with E-state index in [0.717, 1.165) is 54.8 Å². The number of nitrogens with zero attached hydrogens (tertiary/aromatic N) is 3. The Morgan fingerprint density at radius 1 is 1.06 bits per heavy atom. The van der Waals surface area contributed by atoms with Crippen molar-refractivity contribution in [3.05, 3.63) is 54.1 Å². The van der Waals surface area contributed by atoms with E-state index in [0.29, 0.717) is 6.54 Å². The summed E-state index contributed by atoms with van der Waals surface area (Å²) >= 11 is 0. The smallest absolute Gasteiger partial charge is 0.226 e. The van der Waals surface area contributed by atoms with Crippen LogP contribution in [-0.2, 0) is 11.3 Å². The number of hydrogen-bond donors (Lipinski definition) is 2. The van der Waals surface area contributed by atoms with Gasteiger partial charge in [-0.25, -0.2) is 0 Å². The van der Waals surface area contributed by atoms with Crippen LogP contribution in [0.3, 0.4) is 0 Å². The summed E-state index contributed by atoms with van der Waals surface area (Å²) in [6.07, 6.45) is 0. The lowest BCUT2D eigenvalue weighted by Gasteiger charge is -2.38. The van der Waals surface area contributed by atoms with Gasteiger partial charge in [-0.05, 0) is 29.8 Å². The van der Waals surface area contributed by atoms with Crippen molar-refractivity contribution in [1.82, 2.24) is 10.2 Å². The summed E-state index contributed by atoms with van der Waals surface area (Å²) in [4.78, 5) is 20.9. The number of benzene rings is 2. The number of rotatable bonds is 6. The number of para-hydroxylation sites is 2. The van der Waals surface area contributed by atoms with Gasteiger partial charge in [0.25, 0.3) is 0 Å². The number of halogens is 1. The van der Waals surface area contributed by atoms with Gasteiger partial charge in [-0.3, -0.25) is 9.79 Å². The highest BCUT2D eigenvalue weighted by molar-refractivity contribution is 14.0. The van der Waals surface area contributed by atoms with Crippen molar-refractivity contribution in [1.29, 1.82) is 0 Å². The summed E-state index contributed by atoms with van der Waals surface area (Å²) < 4.78 is 5.51. The number of ether oxygens (including phenoxy) is 1. The van der Waals surface area contributed by atoms with Gasteiger partial charge >= 0.3 is 0 Å². The van der Waals surface area contributed by atoms with Gasteiger partial charge in [0.1, 0.15) is 5.75 Å². The molecular formula is C24H34IN5O2. The SMILES string of the molecule is CN=C(NCc1ccc(NC(=O)C(C)C)cc1)N1CCN(c2ccccc2OC)CC1.I. The van der Waals surface area contributed by atoms with Crippen molar-refractivity contribution in [3.8, 4) is 5.75 Å². The fraction of sp³-hybridized carbons (Fsp3) is 0.417. The van der Waals surface area contributed by atoms with Gasteiger partial charge in [-0.2, -0.15) is 0 Å². The van der Waals surface area contributed by atoms with E-state index in [1.165, 1.54) is 0 Å². The third-order valence-corrected chi connectivity index (χ3v) is 5.41. The van der Waals surface area contributed by atoms with Crippen LogP contribution in [0.4, 0.5) is 11.4 Å². The molecule has 0 spiro atoms. The average Bonchev–Trinajstić information content (AvgIpc) is 2.80. The summed E-state index contributed by atoms with van der Waals surface area (Å²) in [7, 11) is 3.53. The second-order valence-corrected chi connectivity index (χ2v) is 7.89. The first-order valence-corrected chi connectivity index (χ1v) is 10.7. The van der Waals surface area contributed by atoms with Crippen LogP contribution in [-0.4, -0.2) is 57.1 Å². The highest BCUT2D eigenvalue weighted by Crippen LogP contribution is 2.28. The van der Waals surface area contributed by atoms with Gasteiger partial charge in [-0.1, -0.05) is 38.1 Å². The van der Waals surface area contributed by atoms with Crippen LogP contribution in [0.2, 0.25) is 0 Å². The van der Waals surface area contributed by atoms with E-state index < -0.39 is 0 Å². The topological polar surface area (TPSA) is 69.2 Å². The Kier molecular flexibility index (Phi) is 10.1. The molecule has 1 heterocycles. The van der Waals surface area contributed by atoms with Gasteiger partial charge in [0.05, 0.1) is 12.8 Å². The monoisotopic (exact) mass is 551 g/mol. The number of methoxy groups -OCH3 is 1. The van der Waals surface area contributed by atoms with Crippen LogP contribution >= 0.6 is 24.0 Å². The van der Waals surface area contributed by atoms with Gasteiger partial charge in [-0.15, -0.1) is 24.0 Å². The maximum Gasteiger partial charge on any atom is 0.226 e. The minimum absolute atomic E-state index is 0. The Bertz CT molecular complexity index is 894. The normalized spacial score (nSPS) is 14.1. The van der Waals surface area contributed by atoms with Crippen LogP contribution in [0, 0.1) is 5.92 Å². The summed E-state index contributed by atoms with van der Waals surface area (Å²) in [5.41, 5.74) is 3.09. The lowest BCUT2D eigenvalue weighted by atomic mass is 10.1. The standard InChI is InChI=1S/C24H33N5O2.HI/c1-18(2)23(30)27-20-11-9-19(10-12-20)17-26-24(25-3)29-15-13-28(14-16-29)21-7-5-6-8-22(21)31-4;/h5-12,18H,13-17H2,1-4H3,(H,25,26)(H,27,30);1H. The van der Waals surface area contributed by atoms with Crippen LogP contribution in [0.5, 0.6) is 5.75 Å². The molecule has 1 fully saturated rings.